The van der Waals surface area contributed by atoms with Gasteiger partial charge in [-0.05, 0) is 25.0 Å². The molecule has 0 saturated heterocycles. The lowest BCUT2D eigenvalue weighted by molar-refractivity contribution is 0.306. The van der Waals surface area contributed by atoms with Gasteiger partial charge in [-0.2, -0.15) is 0 Å². The molecule has 0 unspecified atom stereocenters. The largest absolute Gasteiger partial charge is 0.491 e. The van der Waals surface area contributed by atoms with Crippen molar-refractivity contribution in [2.75, 3.05) is 12.3 Å². The van der Waals surface area contributed by atoms with Gasteiger partial charge in [-0.25, -0.2) is 0 Å². The average molecular weight is 479 g/mol. The van der Waals surface area contributed by atoms with Crippen molar-refractivity contribution in [2.45, 2.75) is 123 Å². The number of unbranched alkanes of at least 4 members (excludes halogenated alkanes) is 14. The molecule has 1 aromatic heterocycles. The summed E-state index contributed by atoms with van der Waals surface area (Å²) in [6.45, 7) is 6.37. The number of rotatable bonds is 19. The Labute approximate surface area is 214 Å². The monoisotopic (exact) mass is 478 g/mol. The first-order chi connectivity index (χ1) is 17.3. The van der Waals surface area contributed by atoms with Gasteiger partial charge in [0.05, 0.1) is 17.8 Å². The zero-order valence-corrected chi connectivity index (χ0v) is 22.6. The first-order valence-corrected chi connectivity index (χ1v) is 14.7. The van der Waals surface area contributed by atoms with Gasteiger partial charge in [0.2, 0.25) is 0 Å². The number of aryl methyl sites for hydroxylation is 1. The molecule has 0 amide bonds. The fourth-order valence-electron chi connectivity index (χ4n) is 5.28. The smallest absolute Gasteiger partial charge is 0.144 e. The number of ether oxygens (including phenoxy) is 1. The Bertz CT molecular complexity index is 990. The summed E-state index contributed by atoms with van der Waals surface area (Å²) in [4.78, 5) is 0. The van der Waals surface area contributed by atoms with Crippen LogP contribution in [0.2, 0.25) is 0 Å². The van der Waals surface area contributed by atoms with Crippen LogP contribution in [-0.4, -0.2) is 11.2 Å². The zero-order chi connectivity index (χ0) is 24.7. The van der Waals surface area contributed by atoms with Crippen molar-refractivity contribution < 1.29 is 4.74 Å². The molecule has 0 aliphatic rings. The van der Waals surface area contributed by atoms with Gasteiger partial charge >= 0.3 is 0 Å². The van der Waals surface area contributed by atoms with Crippen molar-refractivity contribution in [3.05, 3.63) is 36.4 Å². The van der Waals surface area contributed by atoms with Crippen LogP contribution in [0.15, 0.2) is 36.4 Å². The summed E-state index contributed by atoms with van der Waals surface area (Å²) in [6.07, 6.45) is 21.2. The molecule has 0 aliphatic heterocycles. The highest BCUT2D eigenvalue weighted by molar-refractivity contribution is 6.09. The van der Waals surface area contributed by atoms with Crippen LogP contribution in [-0.2, 0) is 6.54 Å². The van der Waals surface area contributed by atoms with E-state index in [2.05, 4.69) is 54.8 Å². The van der Waals surface area contributed by atoms with E-state index in [4.69, 9.17) is 10.5 Å². The van der Waals surface area contributed by atoms with Gasteiger partial charge in [0.15, 0.2) is 0 Å². The van der Waals surface area contributed by atoms with Gasteiger partial charge in [0.25, 0.3) is 0 Å². The number of nitrogens with two attached hydrogens (primary N) is 1. The molecule has 1 heterocycles. The molecule has 3 rings (SSSR count). The molecular weight excluding hydrogens is 428 g/mol. The summed E-state index contributed by atoms with van der Waals surface area (Å²) in [6, 6.07) is 13.1. The molecule has 194 valence electrons. The number of nitrogen functional groups attached to an aromatic ring is 1. The molecule has 0 aliphatic carbocycles. The molecule has 0 atom stereocenters. The Morgan fingerprint density at radius 2 is 1.20 bits per heavy atom. The van der Waals surface area contributed by atoms with E-state index in [1.54, 1.807) is 0 Å². The van der Waals surface area contributed by atoms with Gasteiger partial charge in [0, 0.05) is 28.9 Å². The van der Waals surface area contributed by atoms with Crippen LogP contribution in [0.1, 0.15) is 117 Å². The topological polar surface area (TPSA) is 40.2 Å². The second-order valence-corrected chi connectivity index (χ2v) is 10.4. The highest BCUT2D eigenvalue weighted by Crippen LogP contribution is 2.35. The van der Waals surface area contributed by atoms with Crippen LogP contribution < -0.4 is 10.5 Å². The Balaban J connectivity index is 1.53. The lowest BCUT2D eigenvalue weighted by atomic mass is 10.1. The lowest BCUT2D eigenvalue weighted by Crippen LogP contribution is -2.02. The first kappa shape index (κ1) is 27.4. The number of hydrogen-bond acceptors (Lipinski definition) is 2. The number of fused-ring (bicyclic) bond motifs is 3. The van der Waals surface area contributed by atoms with Crippen molar-refractivity contribution in [1.82, 2.24) is 4.57 Å². The number of para-hydroxylation sites is 1. The second-order valence-electron chi connectivity index (χ2n) is 10.4. The van der Waals surface area contributed by atoms with E-state index < -0.39 is 0 Å². The molecule has 0 fully saturated rings. The molecular formula is C32H50N2O. The van der Waals surface area contributed by atoms with Gasteiger partial charge in [-0.1, -0.05) is 122 Å². The maximum atomic E-state index is 6.45. The summed E-state index contributed by atoms with van der Waals surface area (Å²) < 4.78 is 8.68. The maximum Gasteiger partial charge on any atom is 0.144 e. The fourth-order valence-corrected chi connectivity index (χ4v) is 5.28. The summed E-state index contributed by atoms with van der Waals surface area (Å²) in [5, 5.41) is 2.54. The maximum absolute atomic E-state index is 6.45. The Morgan fingerprint density at radius 3 is 1.86 bits per heavy atom. The normalized spacial score (nSPS) is 11.6. The molecule has 2 aromatic carbocycles. The van der Waals surface area contributed by atoms with Crippen molar-refractivity contribution in [3.8, 4) is 5.75 Å². The number of aromatic nitrogens is 1. The van der Waals surface area contributed by atoms with E-state index in [-0.39, 0.29) is 0 Å². The van der Waals surface area contributed by atoms with Crippen molar-refractivity contribution >= 4 is 27.5 Å². The quantitative estimate of drug-likeness (QED) is 0.137. The number of benzene rings is 2. The summed E-state index contributed by atoms with van der Waals surface area (Å²) >= 11 is 0. The summed E-state index contributed by atoms with van der Waals surface area (Å²) in [5.74, 6) is 0.848. The van der Waals surface area contributed by atoms with E-state index in [1.165, 1.54) is 118 Å². The highest BCUT2D eigenvalue weighted by Gasteiger charge is 2.13. The predicted molar refractivity (Wildman–Crippen MR) is 155 cm³/mol. The molecule has 2 N–H and O–H groups in total. The molecule has 3 heteroatoms. The van der Waals surface area contributed by atoms with E-state index in [1.807, 2.05) is 0 Å². The molecule has 0 bridgehead atoms. The van der Waals surface area contributed by atoms with Crippen LogP contribution in [0.5, 0.6) is 5.75 Å². The van der Waals surface area contributed by atoms with Crippen molar-refractivity contribution in [3.63, 3.8) is 0 Å². The zero-order valence-electron chi connectivity index (χ0n) is 22.6. The van der Waals surface area contributed by atoms with Crippen LogP contribution in [0.4, 0.5) is 5.69 Å². The SMILES string of the molecule is CCCCCCCCCCCCOc1cc2c(cc1N)c1ccccc1n2CCCCCCCC. The predicted octanol–water partition coefficient (Wildman–Crippen LogP) is 10.0. The van der Waals surface area contributed by atoms with Crippen LogP contribution in [0.25, 0.3) is 21.8 Å². The van der Waals surface area contributed by atoms with E-state index >= 15 is 0 Å². The molecule has 0 saturated carbocycles. The number of anilines is 1. The fraction of sp³-hybridized carbons (Fsp3) is 0.625. The molecule has 0 spiro atoms. The average Bonchev–Trinajstić information content (AvgIpc) is 3.17. The minimum Gasteiger partial charge on any atom is -0.491 e. The summed E-state index contributed by atoms with van der Waals surface area (Å²) in [7, 11) is 0. The van der Waals surface area contributed by atoms with E-state index in [9.17, 15) is 0 Å². The van der Waals surface area contributed by atoms with Crippen LogP contribution >= 0.6 is 0 Å². The van der Waals surface area contributed by atoms with Gasteiger partial charge < -0.3 is 15.0 Å². The third-order valence-corrected chi connectivity index (χ3v) is 7.39. The standard InChI is InChI=1S/C32H50N2O/c1-3-5-7-9-11-12-13-14-16-20-24-35-32-26-31-28(25-29(32)33)27-21-17-18-22-30(27)34(31)23-19-15-10-8-6-4-2/h17-18,21-22,25-26H,3-16,19-20,23-24,33H2,1-2H3. The minimum absolute atomic E-state index is 0.754. The third kappa shape index (κ3) is 8.47. The van der Waals surface area contributed by atoms with Gasteiger partial charge in [0.1, 0.15) is 5.75 Å². The molecule has 3 nitrogen and oxygen atoms in total. The lowest BCUT2D eigenvalue weighted by Gasteiger charge is -2.12. The van der Waals surface area contributed by atoms with E-state index in [0.29, 0.717) is 0 Å². The second kappa shape index (κ2) is 15.8. The molecule has 3 aromatic rings. The van der Waals surface area contributed by atoms with Gasteiger partial charge in [-0.15, -0.1) is 0 Å². The molecule has 35 heavy (non-hydrogen) atoms. The van der Waals surface area contributed by atoms with Crippen molar-refractivity contribution in [1.29, 1.82) is 0 Å². The highest BCUT2D eigenvalue weighted by atomic mass is 16.5. The van der Waals surface area contributed by atoms with E-state index in [0.717, 1.165) is 31.0 Å². The Kier molecular flexibility index (Phi) is 12.3. The van der Waals surface area contributed by atoms with Crippen LogP contribution in [0.3, 0.4) is 0 Å². The first-order valence-electron chi connectivity index (χ1n) is 14.7. The number of hydrogen-bond donors (Lipinski definition) is 1. The minimum atomic E-state index is 0.754. The Morgan fingerprint density at radius 1 is 0.629 bits per heavy atom. The van der Waals surface area contributed by atoms with Crippen LogP contribution in [0, 0.1) is 0 Å². The van der Waals surface area contributed by atoms with Gasteiger partial charge in [-0.3, -0.25) is 0 Å². The summed E-state index contributed by atoms with van der Waals surface area (Å²) in [5.41, 5.74) is 9.77. The Hall–Kier alpha value is -2.16. The van der Waals surface area contributed by atoms with Crippen molar-refractivity contribution in [2.24, 2.45) is 0 Å². The number of nitrogens with zero attached hydrogens (tertiary/aromatic N) is 1. The molecule has 0 radical (unpaired) electrons. The third-order valence-electron chi connectivity index (χ3n) is 7.39.